The second-order valence-corrected chi connectivity index (χ2v) is 8.28. The normalized spacial score (nSPS) is 11.6. The number of aromatic hydroxyl groups is 1. The minimum Gasteiger partial charge on any atom is -0.493 e. The molecular weight excluding hydrogens is 434 g/mol. The lowest BCUT2D eigenvalue weighted by atomic mass is 10.1. The molecule has 1 N–H and O–H groups in total. The molecule has 0 aliphatic carbocycles. The molecule has 1 aromatic heterocycles. The fourth-order valence-corrected chi connectivity index (χ4v) is 3.22. The number of nitrogens with zero attached hydrogens (tertiary/aromatic N) is 3. The first kappa shape index (κ1) is 21.0. The lowest BCUT2D eigenvalue weighted by Gasteiger charge is -2.09. The van der Waals surface area contributed by atoms with E-state index in [9.17, 15) is 9.90 Å². The van der Waals surface area contributed by atoms with Crippen LogP contribution in [0.3, 0.4) is 0 Å². The molecule has 29 heavy (non-hydrogen) atoms. The molecule has 3 aromatic rings. The van der Waals surface area contributed by atoms with Crippen molar-refractivity contribution in [2.45, 2.75) is 33.7 Å². The van der Waals surface area contributed by atoms with E-state index in [1.807, 2.05) is 41.8 Å². The van der Waals surface area contributed by atoms with Crippen LogP contribution in [0.2, 0.25) is 0 Å². The highest BCUT2D eigenvalue weighted by molar-refractivity contribution is 9.10. The van der Waals surface area contributed by atoms with Crippen LogP contribution in [0.4, 0.5) is 5.69 Å². The highest BCUT2D eigenvalue weighted by atomic mass is 79.9. The summed E-state index contributed by atoms with van der Waals surface area (Å²) >= 11 is 3.35. The molecule has 1 heterocycles. The molecule has 0 aliphatic heterocycles. The van der Waals surface area contributed by atoms with Gasteiger partial charge in [-0.15, -0.1) is 10.2 Å². The van der Waals surface area contributed by atoms with Gasteiger partial charge in [-0.3, -0.25) is 4.79 Å². The number of azo groups is 1. The van der Waals surface area contributed by atoms with E-state index in [1.54, 1.807) is 12.1 Å². The van der Waals surface area contributed by atoms with Crippen molar-refractivity contribution < 1.29 is 14.6 Å². The average Bonchev–Trinajstić information content (AvgIpc) is 2.94. The van der Waals surface area contributed by atoms with Crippen LogP contribution in [0.15, 0.2) is 57.2 Å². The van der Waals surface area contributed by atoms with Crippen LogP contribution >= 0.6 is 15.9 Å². The first-order chi connectivity index (χ1) is 13.8. The van der Waals surface area contributed by atoms with Gasteiger partial charge in [0.25, 0.3) is 0 Å². The number of halogens is 1. The van der Waals surface area contributed by atoms with Gasteiger partial charge in [0.05, 0.1) is 5.52 Å². The highest BCUT2D eigenvalue weighted by Gasteiger charge is 2.17. The zero-order chi connectivity index (χ0) is 21.0. The van der Waals surface area contributed by atoms with E-state index < -0.39 is 5.91 Å². The van der Waals surface area contributed by atoms with E-state index in [-0.39, 0.29) is 12.5 Å². The topological polar surface area (TPSA) is 76.2 Å². The van der Waals surface area contributed by atoms with Gasteiger partial charge in [0.1, 0.15) is 5.75 Å². The number of ether oxygens (including phenoxy) is 1. The molecule has 0 aliphatic rings. The Balaban J connectivity index is 1.80. The standard InChI is InChI=1S/C22H24BrN3O3/c1-14(2)10-11-26-19-9-4-15(3)12-18(19)21(22(26)28)25-24-20(27)13-29-17-7-5-16(23)6-8-17/h4-9,12,14,28H,10-11,13H2,1-3H3. The summed E-state index contributed by atoms with van der Waals surface area (Å²) in [5.74, 6) is 0.569. The van der Waals surface area contributed by atoms with Crippen LogP contribution < -0.4 is 4.74 Å². The quantitative estimate of drug-likeness (QED) is 0.431. The van der Waals surface area contributed by atoms with Crippen molar-refractivity contribution in [3.63, 3.8) is 0 Å². The van der Waals surface area contributed by atoms with Crippen molar-refractivity contribution >= 4 is 38.4 Å². The van der Waals surface area contributed by atoms with E-state index in [4.69, 9.17) is 4.74 Å². The predicted octanol–water partition coefficient (Wildman–Crippen LogP) is 6.15. The zero-order valence-electron chi connectivity index (χ0n) is 16.7. The van der Waals surface area contributed by atoms with Crippen LogP contribution in [0, 0.1) is 12.8 Å². The van der Waals surface area contributed by atoms with E-state index in [0.717, 1.165) is 27.4 Å². The second kappa shape index (κ2) is 9.22. The number of aryl methyl sites for hydroxylation is 2. The molecular formula is C22H24BrN3O3. The Bertz CT molecular complexity index is 1040. The number of carbonyl (C=O) groups excluding carboxylic acids is 1. The molecule has 2 aromatic carbocycles. The van der Waals surface area contributed by atoms with Gasteiger partial charge in [-0.05, 0) is 55.7 Å². The third-order valence-electron chi connectivity index (χ3n) is 4.53. The molecule has 0 unspecified atom stereocenters. The monoisotopic (exact) mass is 457 g/mol. The second-order valence-electron chi connectivity index (χ2n) is 7.36. The van der Waals surface area contributed by atoms with Gasteiger partial charge < -0.3 is 14.4 Å². The summed E-state index contributed by atoms with van der Waals surface area (Å²) in [5.41, 5.74) is 2.23. The van der Waals surface area contributed by atoms with Crippen molar-refractivity contribution in [2.24, 2.45) is 16.1 Å². The molecule has 0 saturated carbocycles. The number of rotatable bonds is 7. The summed E-state index contributed by atoms with van der Waals surface area (Å²) in [6.07, 6.45) is 0.918. The Labute approximate surface area is 178 Å². The van der Waals surface area contributed by atoms with Crippen LogP contribution in [0.1, 0.15) is 25.8 Å². The highest BCUT2D eigenvalue weighted by Crippen LogP contribution is 2.39. The Morgan fingerprint density at radius 3 is 2.62 bits per heavy atom. The smallest absolute Gasteiger partial charge is 0.302 e. The van der Waals surface area contributed by atoms with E-state index in [1.165, 1.54) is 0 Å². The molecule has 6 nitrogen and oxygen atoms in total. The number of aromatic nitrogens is 1. The van der Waals surface area contributed by atoms with Crippen molar-refractivity contribution in [3.8, 4) is 11.6 Å². The fraction of sp³-hybridized carbons (Fsp3) is 0.318. The molecule has 152 valence electrons. The Morgan fingerprint density at radius 2 is 1.93 bits per heavy atom. The third kappa shape index (κ3) is 5.23. The van der Waals surface area contributed by atoms with Crippen molar-refractivity contribution in [3.05, 3.63) is 52.5 Å². The van der Waals surface area contributed by atoms with Gasteiger partial charge in [0, 0.05) is 16.4 Å². The maximum atomic E-state index is 12.1. The summed E-state index contributed by atoms with van der Waals surface area (Å²) < 4.78 is 8.18. The number of amides is 1. The molecule has 0 radical (unpaired) electrons. The fourth-order valence-electron chi connectivity index (χ4n) is 2.96. The van der Waals surface area contributed by atoms with Crippen LogP contribution in [-0.2, 0) is 11.3 Å². The first-order valence-electron chi connectivity index (χ1n) is 9.50. The van der Waals surface area contributed by atoms with Crippen LogP contribution in [0.25, 0.3) is 10.9 Å². The summed E-state index contributed by atoms with van der Waals surface area (Å²) in [6.45, 7) is 6.69. The molecule has 1 amide bonds. The molecule has 0 spiro atoms. The van der Waals surface area contributed by atoms with E-state index in [0.29, 0.717) is 23.9 Å². The Kier molecular flexibility index (Phi) is 6.69. The lowest BCUT2D eigenvalue weighted by molar-refractivity contribution is -0.120. The van der Waals surface area contributed by atoms with Crippen LogP contribution in [-0.4, -0.2) is 22.2 Å². The van der Waals surface area contributed by atoms with E-state index in [2.05, 4.69) is 40.0 Å². The summed E-state index contributed by atoms with van der Waals surface area (Å²) in [5, 5.41) is 19.3. The average molecular weight is 458 g/mol. The number of hydrogen-bond acceptors (Lipinski definition) is 4. The Morgan fingerprint density at radius 1 is 1.21 bits per heavy atom. The summed E-state index contributed by atoms with van der Waals surface area (Å²) in [7, 11) is 0. The maximum absolute atomic E-state index is 12.1. The maximum Gasteiger partial charge on any atom is 0.302 e. The lowest BCUT2D eigenvalue weighted by Crippen LogP contribution is -2.07. The van der Waals surface area contributed by atoms with Crippen molar-refractivity contribution in [1.82, 2.24) is 4.57 Å². The van der Waals surface area contributed by atoms with Gasteiger partial charge >= 0.3 is 5.91 Å². The molecule has 0 bridgehead atoms. The van der Waals surface area contributed by atoms with Gasteiger partial charge in [0.15, 0.2) is 12.3 Å². The minimum absolute atomic E-state index is 0.0247. The predicted molar refractivity (Wildman–Crippen MR) is 117 cm³/mol. The number of benzene rings is 2. The summed E-state index contributed by atoms with van der Waals surface area (Å²) in [6, 6.07) is 13.1. The molecule has 0 fully saturated rings. The molecule has 3 rings (SSSR count). The molecule has 0 saturated heterocycles. The first-order valence-corrected chi connectivity index (χ1v) is 10.3. The molecule has 0 atom stereocenters. The Hall–Kier alpha value is -2.67. The van der Waals surface area contributed by atoms with E-state index >= 15 is 0 Å². The van der Waals surface area contributed by atoms with Gasteiger partial charge in [0.2, 0.25) is 5.88 Å². The SMILES string of the molecule is Cc1ccc2c(c1)c(N=NC(=O)COc1ccc(Br)cc1)c(O)n2CCC(C)C. The largest absolute Gasteiger partial charge is 0.493 e. The molecule has 7 heteroatoms. The minimum atomic E-state index is -0.525. The zero-order valence-corrected chi connectivity index (χ0v) is 18.3. The summed E-state index contributed by atoms with van der Waals surface area (Å²) in [4.78, 5) is 12.1. The number of hydrogen-bond donors (Lipinski definition) is 1. The van der Waals surface area contributed by atoms with Gasteiger partial charge in [-0.2, -0.15) is 0 Å². The van der Waals surface area contributed by atoms with Crippen molar-refractivity contribution in [1.29, 1.82) is 0 Å². The van der Waals surface area contributed by atoms with Crippen molar-refractivity contribution in [2.75, 3.05) is 6.61 Å². The van der Waals surface area contributed by atoms with Crippen LogP contribution in [0.5, 0.6) is 11.6 Å². The van der Waals surface area contributed by atoms with Gasteiger partial charge in [-0.25, -0.2) is 0 Å². The number of fused-ring (bicyclic) bond motifs is 1. The van der Waals surface area contributed by atoms with Gasteiger partial charge in [-0.1, -0.05) is 41.4 Å². The number of carbonyl (C=O) groups is 1. The third-order valence-corrected chi connectivity index (χ3v) is 5.06.